The maximum Gasteiger partial charge on any atom is 0.00490 e. The van der Waals surface area contributed by atoms with Gasteiger partial charge in [-0.05, 0) is 38.2 Å². The molecule has 0 aromatic rings. The van der Waals surface area contributed by atoms with Crippen molar-refractivity contribution in [2.24, 2.45) is 0 Å². The van der Waals surface area contributed by atoms with Gasteiger partial charge in [0.2, 0.25) is 0 Å². The van der Waals surface area contributed by atoms with Crippen LogP contribution in [0.2, 0.25) is 0 Å². The van der Waals surface area contributed by atoms with Crippen molar-refractivity contribution in [3.8, 4) is 0 Å². The van der Waals surface area contributed by atoms with E-state index >= 15 is 0 Å². The van der Waals surface area contributed by atoms with Crippen molar-refractivity contribution in [3.05, 3.63) is 0 Å². The Morgan fingerprint density at radius 2 is 1.53 bits per heavy atom. The average molecular weight is 260 g/mol. The van der Waals surface area contributed by atoms with E-state index in [1.165, 1.54) is 56.5 Å². The molecule has 0 aromatic heterocycles. The van der Waals surface area contributed by atoms with E-state index < -0.39 is 0 Å². The molecule has 0 aromatic carbocycles. The van der Waals surface area contributed by atoms with Crippen LogP contribution in [0.4, 0.5) is 0 Å². The monoisotopic (exact) mass is 259 g/mol. The van der Waals surface area contributed by atoms with Gasteiger partial charge in [0.25, 0.3) is 0 Å². The Balaban J connectivity index is 3.34. The lowest BCUT2D eigenvalue weighted by Crippen LogP contribution is -2.34. The van der Waals surface area contributed by atoms with E-state index in [1.54, 1.807) is 0 Å². The van der Waals surface area contributed by atoms with E-state index in [4.69, 9.17) is 0 Å². The highest BCUT2D eigenvalue weighted by Gasteiger charge is 2.06. The van der Waals surface area contributed by atoms with Crippen LogP contribution in [0.5, 0.6) is 0 Å². The summed E-state index contributed by atoms with van der Waals surface area (Å²) in [6.45, 7) is 9.18. The summed E-state index contributed by atoms with van der Waals surface area (Å²) in [5.41, 5.74) is 0. The molecule has 1 N–H and O–H groups in total. The first kappa shape index (κ1) is 17.3. The number of rotatable bonds is 12. The third kappa shape index (κ3) is 12.6. The highest BCUT2D eigenvalue weighted by atomic mass is 32.2. The fourth-order valence-electron chi connectivity index (χ4n) is 2.11. The van der Waals surface area contributed by atoms with E-state index in [0.29, 0.717) is 12.1 Å². The minimum absolute atomic E-state index is 0.680. The first-order valence-corrected chi connectivity index (χ1v) is 8.69. The van der Waals surface area contributed by atoms with Crippen molar-refractivity contribution in [2.75, 3.05) is 11.5 Å². The SMILES string of the molecule is CCCCCCCC(C)NC(C)CCSCC. The van der Waals surface area contributed by atoms with E-state index in [9.17, 15) is 0 Å². The Morgan fingerprint density at radius 3 is 2.18 bits per heavy atom. The number of unbranched alkanes of at least 4 members (excludes halogenated alkanes) is 4. The molecule has 2 atom stereocenters. The van der Waals surface area contributed by atoms with Gasteiger partial charge in [0.1, 0.15) is 0 Å². The van der Waals surface area contributed by atoms with E-state index in [-0.39, 0.29) is 0 Å². The Bertz CT molecular complexity index is 150. The third-order valence-corrected chi connectivity index (χ3v) is 4.14. The van der Waals surface area contributed by atoms with Crippen molar-refractivity contribution in [3.63, 3.8) is 0 Å². The smallest absolute Gasteiger partial charge is 0.00490 e. The lowest BCUT2D eigenvalue weighted by molar-refractivity contribution is 0.424. The Labute approximate surface area is 114 Å². The molecular weight excluding hydrogens is 226 g/mol. The van der Waals surface area contributed by atoms with Crippen molar-refractivity contribution < 1.29 is 0 Å². The summed E-state index contributed by atoms with van der Waals surface area (Å²) in [6, 6.07) is 1.37. The van der Waals surface area contributed by atoms with Gasteiger partial charge in [0.15, 0.2) is 0 Å². The van der Waals surface area contributed by atoms with Crippen LogP contribution in [0.25, 0.3) is 0 Å². The normalized spacial score (nSPS) is 14.8. The number of hydrogen-bond acceptors (Lipinski definition) is 2. The van der Waals surface area contributed by atoms with Crippen LogP contribution in [0.1, 0.15) is 72.6 Å². The summed E-state index contributed by atoms with van der Waals surface area (Å²) >= 11 is 2.05. The number of thioether (sulfide) groups is 1. The van der Waals surface area contributed by atoms with Crippen molar-refractivity contribution in [1.82, 2.24) is 5.32 Å². The Kier molecular flexibility index (Phi) is 13.0. The molecule has 0 fully saturated rings. The number of nitrogens with one attached hydrogen (secondary N) is 1. The summed E-state index contributed by atoms with van der Waals surface area (Å²) in [6.07, 6.45) is 9.64. The van der Waals surface area contributed by atoms with Crippen molar-refractivity contribution >= 4 is 11.8 Å². The van der Waals surface area contributed by atoms with Gasteiger partial charge < -0.3 is 5.32 Å². The average Bonchev–Trinajstić information content (AvgIpc) is 2.29. The second kappa shape index (κ2) is 12.8. The highest BCUT2D eigenvalue weighted by Crippen LogP contribution is 2.09. The summed E-state index contributed by atoms with van der Waals surface area (Å²) in [5, 5.41) is 3.72. The first-order chi connectivity index (χ1) is 8.20. The molecule has 0 bridgehead atoms. The summed E-state index contributed by atoms with van der Waals surface area (Å²) < 4.78 is 0. The quantitative estimate of drug-likeness (QED) is 0.502. The molecule has 0 saturated carbocycles. The van der Waals surface area contributed by atoms with Crippen LogP contribution >= 0.6 is 11.8 Å². The standard InChI is InChI=1S/C15H33NS/c1-5-7-8-9-10-11-14(3)16-15(4)12-13-17-6-2/h14-16H,5-13H2,1-4H3. The molecule has 2 heteroatoms. The maximum atomic E-state index is 3.72. The molecule has 0 radical (unpaired) electrons. The van der Waals surface area contributed by atoms with Crippen LogP contribution in [0.15, 0.2) is 0 Å². The molecule has 0 rings (SSSR count). The van der Waals surface area contributed by atoms with Gasteiger partial charge in [-0.15, -0.1) is 0 Å². The largest absolute Gasteiger partial charge is 0.312 e. The molecule has 0 saturated heterocycles. The van der Waals surface area contributed by atoms with Gasteiger partial charge in [0, 0.05) is 12.1 Å². The zero-order valence-corrected chi connectivity index (χ0v) is 13.2. The fraction of sp³-hybridized carbons (Fsp3) is 1.00. The van der Waals surface area contributed by atoms with Crippen molar-refractivity contribution in [1.29, 1.82) is 0 Å². The second-order valence-corrected chi connectivity index (χ2v) is 6.55. The van der Waals surface area contributed by atoms with Crippen LogP contribution in [-0.4, -0.2) is 23.6 Å². The lowest BCUT2D eigenvalue weighted by atomic mass is 10.1. The predicted molar refractivity (Wildman–Crippen MR) is 83.1 cm³/mol. The summed E-state index contributed by atoms with van der Waals surface area (Å²) in [4.78, 5) is 0. The van der Waals surface area contributed by atoms with Gasteiger partial charge in [0.05, 0.1) is 0 Å². The molecule has 1 nitrogen and oxygen atoms in total. The zero-order valence-electron chi connectivity index (χ0n) is 12.4. The molecule has 0 spiro atoms. The molecule has 0 heterocycles. The van der Waals surface area contributed by atoms with E-state index in [2.05, 4.69) is 44.8 Å². The molecule has 0 aliphatic heterocycles. The van der Waals surface area contributed by atoms with Crippen molar-refractivity contribution in [2.45, 2.75) is 84.7 Å². The van der Waals surface area contributed by atoms with Gasteiger partial charge in [-0.3, -0.25) is 0 Å². The summed E-state index contributed by atoms with van der Waals surface area (Å²) in [5.74, 6) is 2.55. The topological polar surface area (TPSA) is 12.0 Å². The first-order valence-electron chi connectivity index (χ1n) is 7.54. The minimum atomic E-state index is 0.680. The zero-order chi connectivity index (χ0) is 12.9. The highest BCUT2D eigenvalue weighted by molar-refractivity contribution is 7.99. The second-order valence-electron chi connectivity index (χ2n) is 5.16. The Hall–Kier alpha value is 0.310. The molecule has 0 amide bonds. The van der Waals surface area contributed by atoms with Crippen LogP contribution < -0.4 is 5.32 Å². The van der Waals surface area contributed by atoms with Gasteiger partial charge in [-0.2, -0.15) is 11.8 Å². The molecule has 0 aliphatic rings. The molecular formula is C15H33NS. The molecule has 2 unspecified atom stereocenters. The predicted octanol–water partition coefficient (Wildman–Crippen LogP) is 4.86. The molecule has 17 heavy (non-hydrogen) atoms. The van der Waals surface area contributed by atoms with Gasteiger partial charge >= 0.3 is 0 Å². The molecule has 104 valence electrons. The number of hydrogen-bond donors (Lipinski definition) is 1. The summed E-state index contributed by atoms with van der Waals surface area (Å²) in [7, 11) is 0. The van der Waals surface area contributed by atoms with Crippen LogP contribution in [-0.2, 0) is 0 Å². The van der Waals surface area contributed by atoms with Gasteiger partial charge in [-0.25, -0.2) is 0 Å². The van der Waals surface area contributed by atoms with Crippen LogP contribution in [0.3, 0.4) is 0 Å². The van der Waals surface area contributed by atoms with E-state index in [1.807, 2.05) is 0 Å². The van der Waals surface area contributed by atoms with Gasteiger partial charge in [-0.1, -0.05) is 46.0 Å². The lowest BCUT2D eigenvalue weighted by Gasteiger charge is -2.19. The third-order valence-electron chi connectivity index (χ3n) is 3.21. The minimum Gasteiger partial charge on any atom is -0.312 e. The molecule has 0 aliphatic carbocycles. The maximum absolute atomic E-state index is 3.72. The Morgan fingerprint density at radius 1 is 0.882 bits per heavy atom. The fourth-order valence-corrected chi connectivity index (χ4v) is 2.92. The van der Waals surface area contributed by atoms with Crippen LogP contribution in [0, 0.1) is 0 Å². The van der Waals surface area contributed by atoms with E-state index in [0.717, 1.165) is 0 Å².